The molecule has 1 aromatic carbocycles. The summed E-state index contributed by atoms with van der Waals surface area (Å²) in [5.74, 6) is 0.200. The molecular formula is C18H23N7O2. The van der Waals surface area contributed by atoms with Gasteiger partial charge in [-0.15, -0.1) is 0 Å². The number of amides is 2. The van der Waals surface area contributed by atoms with E-state index in [-0.39, 0.29) is 18.0 Å². The molecule has 1 fully saturated rings. The summed E-state index contributed by atoms with van der Waals surface area (Å²) >= 11 is 0. The first kappa shape index (κ1) is 18.4. The van der Waals surface area contributed by atoms with E-state index in [4.69, 9.17) is 5.73 Å². The summed E-state index contributed by atoms with van der Waals surface area (Å²) < 4.78 is 0. The molecule has 0 unspecified atom stereocenters. The molecule has 0 spiro atoms. The molecular weight excluding hydrogens is 346 g/mol. The number of primary amides is 1. The molecule has 27 heavy (non-hydrogen) atoms. The van der Waals surface area contributed by atoms with Gasteiger partial charge in [-0.05, 0) is 37.1 Å². The second-order valence-corrected chi connectivity index (χ2v) is 6.44. The lowest BCUT2D eigenvalue weighted by atomic mass is 10.2. The maximum Gasteiger partial charge on any atom is 0.254 e. The highest BCUT2D eigenvalue weighted by molar-refractivity contribution is 5.97. The Morgan fingerprint density at radius 3 is 2.56 bits per heavy atom. The number of anilines is 4. The highest BCUT2D eigenvalue weighted by atomic mass is 16.2. The van der Waals surface area contributed by atoms with Crippen LogP contribution in [0.15, 0.2) is 30.5 Å². The van der Waals surface area contributed by atoms with E-state index < -0.39 is 5.91 Å². The van der Waals surface area contributed by atoms with Crippen molar-refractivity contribution in [2.45, 2.75) is 18.9 Å². The van der Waals surface area contributed by atoms with E-state index in [1.54, 1.807) is 7.05 Å². The standard InChI is InChI=1S/C18H23N7O2/c1-20-15(26)10-25(2)13-7-5-12(6-8-13)23-18-21-9-14(16(19)27)17(24-18)22-11-3-4-11/h5-9,11H,3-4,10H2,1-2H3,(H2,19,27)(H,20,26)(H2,21,22,23,24). The lowest BCUT2D eigenvalue weighted by Crippen LogP contribution is -2.32. The van der Waals surface area contributed by atoms with Crippen LogP contribution in [0, 0.1) is 0 Å². The Morgan fingerprint density at radius 1 is 1.26 bits per heavy atom. The van der Waals surface area contributed by atoms with Crippen LogP contribution in [0.3, 0.4) is 0 Å². The molecule has 0 aliphatic heterocycles. The van der Waals surface area contributed by atoms with Crippen molar-refractivity contribution in [3.63, 3.8) is 0 Å². The van der Waals surface area contributed by atoms with Crippen molar-refractivity contribution in [2.75, 3.05) is 36.2 Å². The quantitative estimate of drug-likeness (QED) is 0.548. The predicted octanol–water partition coefficient (Wildman–Crippen LogP) is 1.08. The van der Waals surface area contributed by atoms with Crippen molar-refractivity contribution in [1.82, 2.24) is 15.3 Å². The number of carbonyl (C=O) groups excluding carboxylic acids is 2. The summed E-state index contributed by atoms with van der Waals surface area (Å²) in [5, 5.41) is 8.91. The van der Waals surface area contributed by atoms with Crippen LogP contribution in [0.25, 0.3) is 0 Å². The number of hydrogen-bond donors (Lipinski definition) is 4. The van der Waals surface area contributed by atoms with Gasteiger partial charge in [0.2, 0.25) is 11.9 Å². The van der Waals surface area contributed by atoms with Crippen molar-refractivity contribution in [3.05, 3.63) is 36.0 Å². The summed E-state index contributed by atoms with van der Waals surface area (Å²) in [5.41, 5.74) is 7.36. The van der Waals surface area contributed by atoms with E-state index in [0.717, 1.165) is 24.2 Å². The van der Waals surface area contributed by atoms with Gasteiger partial charge in [0.15, 0.2) is 0 Å². The first-order chi connectivity index (χ1) is 13.0. The number of aromatic nitrogens is 2. The Morgan fingerprint density at radius 2 is 1.96 bits per heavy atom. The SMILES string of the molecule is CNC(=O)CN(C)c1ccc(Nc2ncc(C(N)=O)c(NC3CC3)n2)cc1. The zero-order valence-corrected chi connectivity index (χ0v) is 15.3. The first-order valence-electron chi connectivity index (χ1n) is 8.68. The third-order valence-corrected chi connectivity index (χ3v) is 4.20. The van der Waals surface area contributed by atoms with Crippen LogP contribution in [-0.2, 0) is 4.79 Å². The van der Waals surface area contributed by atoms with Crippen molar-refractivity contribution in [1.29, 1.82) is 0 Å². The predicted molar refractivity (Wildman–Crippen MR) is 104 cm³/mol. The molecule has 142 valence electrons. The van der Waals surface area contributed by atoms with Gasteiger partial charge in [0.1, 0.15) is 5.82 Å². The maximum atomic E-state index is 11.5. The number of nitrogens with one attached hydrogen (secondary N) is 3. The number of benzene rings is 1. The van der Waals surface area contributed by atoms with Crippen LogP contribution in [-0.4, -0.2) is 48.5 Å². The van der Waals surface area contributed by atoms with E-state index in [1.165, 1.54) is 6.20 Å². The minimum absolute atomic E-state index is 0.0571. The Kier molecular flexibility index (Phi) is 5.39. The molecule has 1 aliphatic rings. The Labute approximate surface area is 157 Å². The second-order valence-electron chi connectivity index (χ2n) is 6.44. The van der Waals surface area contributed by atoms with E-state index in [2.05, 4.69) is 25.9 Å². The minimum atomic E-state index is -0.562. The maximum absolute atomic E-state index is 11.5. The summed E-state index contributed by atoms with van der Waals surface area (Å²) in [6, 6.07) is 7.86. The van der Waals surface area contributed by atoms with E-state index >= 15 is 0 Å². The smallest absolute Gasteiger partial charge is 0.254 e. The Hall–Kier alpha value is -3.36. The molecule has 0 atom stereocenters. The Bertz CT molecular complexity index is 834. The second kappa shape index (κ2) is 7.90. The summed E-state index contributed by atoms with van der Waals surface area (Å²) in [4.78, 5) is 33.4. The van der Waals surface area contributed by atoms with Crippen LogP contribution >= 0.6 is 0 Å². The highest BCUT2D eigenvalue weighted by Gasteiger charge is 2.24. The molecule has 9 heteroatoms. The van der Waals surface area contributed by atoms with Crippen LogP contribution in [0.5, 0.6) is 0 Å². The topological polar surface area (TPSA) is 125 Å². The summed E-state index contributed by atoms with van der Waals surface area (Å²) in [6.45, 7) is 0.275. The average molecular weight is 369 g/mol. The number of nitrogens with two attached hydrogens (primary N) is 1. The molecule has 1 aromatic heterocycles. The molecule has 1 heterocycles. The zero-order chi connectivity index (χ0) is 19.4. The van der Waals surface area contributed by atoms with Gasteiger partial charge in [0.25, 0.3) is 5.91 Å². The van der Waals surface area contributed by atoms with Crippen molar-refractivity contribution in [2.24, 2.45) is 5.73 Å². The van der Waals surface area contributed by atoms with E-state index in [1.807, 2.05) is 36.2 Å². The molecule has 0 radical (unpaired) electrons. The molecule has 2 amide bonds. The van der Waals surface area contributed by atoms with Crippen LogP contribution < -0.4 is 26.6 Å². The Balaban J connectivity index is 1.71. The fraction of sp³-hybridized carbons (Fsp3) is 0.333. The van der Waals surface area contributed by atoms with Gasteiger partial charge in [0, 0.05) is 37.7 Å². The number of carbonyl (C=O) groups is 2. The first-order valence-corrected chi connectivity index (χ1v) is 8.68. The van der Waals surface area contributed by atoms with Crippen molar-refractivity contribution >= 4 is 35.0 Å². The fourth-order valence-electron chi connectivity index (χ4n) is 2.47. The normalized spacial score (nSPS) is 13.0. The molecule has 2 aromatic rings. The summed E-state index contributed by atoms with van der Waals surface area (Å²) in [6.07, 6.45) is 3.53. The van der Waals surface area contributed by atoms with Gasteiger partial charge in [0.05, 0.1) is 12.1 Å². The number of rotatable bonds is 8. The van der Waals surface area contributed by atoms with Gasteiger partial charge in [-0.1, -0.05) is 0 Å². The van der Waals surface area contributed by atoms with Crippen LogP contribution in [0.1, 0.15) is 23.2 Å². The summed E-state index contributed by atoms with van der Waals surface area (Å²) in [7, 11) is 3.46. The minimum Gasteiger partial charge on any atom is -0.367 e. The largest absolute Gasteiger partial charge is 0.367 e. The molecule has 9 nitrogen and oxygen atoms in total. The van der Waals surface area contributed by atoms with Crippen LogP contribution in [0.4, 0.5) is 23.1 Å². The third-order valence-electron chi connectivity index (χ3n) is 4.20. The lowest BCUT2D eigenvalue weighted by molar-refractivity contribution is -0.119. The van der Waals surface area contributed by atoms with Gasteiger partial charge in [-0.3, -0.25) is 9.59 Å². The third kappa shape index (κ3) is 4.84. The van der Waals surface area contributed by atoms with Gasteiger partial charge in [-0.25, -0.2) is 4.98 Å². The number of likely N-dealkylation sites (N-methyl/N-ethyl adjacent to an activating group) is 2. The molecule has 5 N–H and O–H groups in total. The molecule has 3 rings (SSSR count). The van der Waals surface area contributed by atoms with Gasteiger partial charge < -0.3 is 26.6 Å². The fourth-order valence-corrected chi connectivity index (χ4v) is 2.47. The van der Waals surface area contributed by atoms with Crippen LogP contribution in [0.2, 0.25) is 0 Å². The zero-order valence-electron chi connectivity index (χ0n) is 15.3. The average Bonchev–Trinajstić information content (AvgIpc) is 3.46. The highest BCUT2D eigenvalue weighted by Crippen LogP contribution is 2.26. The molecule has 0 bridgehead atoms. The molecule has 1 aliphatic carbocycles. The molecule has 0 saturated heterocycles. The monoisotopic (exact) mass is 369 g/mol. The van der Waals surface area contributed by atoms with Crippen molar-refractivity contribution in [3.8, 4) is 0 Å². The van der Waals surface area contributed by atoms with Gasteiger partial charge >= 0.3 is 0 Å². The molecule has 1 saturated carbocycles. The van der Waals surface area contributed by atoms with E-state index in [9.17, 15) is 9.59 Å². The van der Waals surface area contributed by atoms with Crippen molar-refractivity contribution < 1.29 is 9.59 Å². The lowest BCUT2D eigenvalue weighted by Gasteiger charge is -2.18. The van der Waals surface area contributed by atoms with E-state index in [0.29, 0.717) is 17.8 Å². The van der Waals surface area contributed by atoms with Gasteiger partial charge in [-0.2, -0.15) is 4.98 Å². The number of hydrogen-bond acceptors (Lipinski definition) is 7. The number of nitrogens with zero attached hydrogens (tertiary/aromatic N) is 3.